The lowest BCUT2D eigenvalue weighted by Gasteiger charge is -2.15. The van der Waals surface area contributed by atoms with Crippen LogP contribution in [0, 0.1) is 11.3 Å². The number of benzene rings is 2. The molecule has 0 radical (unpaired) electrons. The van der Waals surface area contributed by atoms with E-state index in [-0.39, 0.29) is 12.2 Å². The van der Waals surface area contributed by atoms with Crippen molar-refractivity contribution in [2.24, 2.45) is 0 Å². The molecule has 1 aliphatic heterocycles. The van der Waals surface area contributed by atoms with Gasteiger partial charge in [0.25, 0.3) is 0 Å². The maximum Gasteiger partial charge on any atom is 0.307 e. The molecule has 2 aromatic rings. The standard InChI is InChI=1S/C19H18N2O4S/c20-12-18-10-16(5-6-17(18)11-19(22)23)15-4-1-3-14(9-15)13-21-7-2-8-26(21,24)25/h1,3-6,9-10H,2,7-8,11,13H2,(H,22,23). The Balaban J connectivity index is 1.88. The fraction of sp³-hybridized carbons (Fsp3) is 0.263. The second-order valence-electron chi connectivity index (χ2n) is 6.26. The lowest BCUT2D eigenvalue weighted by Crippen LogP contribution is -2.25. The molecule has 134 valence electrons. The topological polar surface area (TPSA) is 98.5 Å². The summed E-state index contributed by atoms with van der Waals surface area (Å²) in [6.45, 7) is 0.868. The summed E-state index contributed by atoms with van der Waals surface area (Å²) in [5.74, 6) is -0.786. The Kier molecular flexibility index (Phi) is 5.07. The largest absolute Gasteiger partial charge is 0.481 e. The Hall–Kier alpha value is -2.69. The first-order chi connectivity index (χ1) is 12.4. The van der Waals surface area contributed by atoms with E-state index in [2.05, 4.69) is 0 Å². The first-order valence-electron chi connectivity index (χ1n) is 8.21. The molecular formula is C19H18N2O4S. The highest BCUT2D eigenvalue weighted by atomic mass is 32.2. The zero-order valence-electron chi connectivity index (χ0n) is 14.1. The van der Waals surface area contributed by atoms with Crippen molar-refractivity contribution in [3.05, 3.63) is 59.2 Å². The number of hydrogen-bond acceptors (Lipinski definition) is 4. The Morgan fingerprint density at radius 2 is 1.96 bits per heavy atom. The summed E-state index contributed by atoms with van der Waals surface area (Å²) in [7, 11) is -3.16. The Labute approximate surface area is 152 Å². The minimum absolute atomic E-state index is 0.198. The van der Waals surface area contributed by atoms with Gasteiger partial charge in [0.1, 0.15) is 0 Å². The quantitative estimate of drug-likeness (QED) is 0.871. The molecule has 1 aliphatic rings. The van der Waals surface area contributed by atoms with E-state index in [0.29, 0.717) is 30.6 Å². The molecule has 26 heavy (non-hydrogen) atoms. The number of carboxylic acids is 1. The minimum atomic E-state index is -3.16. The predicted octanol–water partition coefficient (Wildman–Crippen LogP) is 2.39. The van der Waals surface area contributed by atoms with Crippen molar-refractivity contribution in [2.45, 2.75) is 19.4 Å². The highest BCUT2D eigenvalue weighted by Gasteiger charge is 2.27. The van der Waals surface area contributed by atoms with Crippen molar-refractivity contribution in [2.75, 3.05) is 12.3 Å². The molecule has 1 heterocycles. The fourth-order valence-electron chi connectivity index (χ4n) is 3.10. The van der Waals surface area contributed by atoms with Crippen molar-refractivity contribution in [1.29, 1.82) is 5.26 Å². The van der Waals surface area contributed by atoms with E-state index in [0.717, 1.165) is 16.7 Å². The van der Waals surface area contributed by atoms with Gasteiger partial charge in [-0.05, 0) is 40.8 Å². The highest BCUT2D eigenvalue weighted by Crippen LogP contribution is 2.25. The van der Waals surface area contributed by atoms with Crippen LogP contribution >= 0.6 is 0 Å². The third kappa shape index (κ3) is 3.93. The predicted molar refractivity (Wildman–Crippen MR) is 96.7 cm³/mol. The maximum absolute atomic E-state index is 12.0. The van der Waals surface area contributed by atoms with E-state index >= 15 is 0 Å². The average molecular weight is 370 g/mol. The van der Waals surface area contributed by atoms with Gasteiger partial charge in [0, 0.05) is 13.1 Å². The van der Waals surface area contributed by atoms with Gasteiger partial charge < -0.3 is 5.11 Å². The van der Waals surface area contributed by atoms with Crippen molar-refractivity contribution in [3.63, 3.8) is 0 Å². The lowest BCUT2D eigenvalue weighted by molar-refractivity contribution is -0.136. The van der Waals surface area contributed by atoms with E-state index in [1.807, 2.05) is 30.3 Å². The van der Waals surface area contributed by atoms with Gasteiger partial charge in [0.05, 0.1) is 23.8 Å². The molecule has 1 fully saturated rings. The average Bonchev–Trinajstić information content (AvgIpc) is 2.93. The molecular weight excluding hydrogens is 352 g/mol. The zero-order valence-corrected chi connectivity index (χ0v) is 14.9. The first kappa shape index (κ1) is 18.1. The van der Waals surface area contributed by atoms with Gasteiger partial charge >= 0.3 is 5.97 Å². The zero-order chi connectivity index (χ0) is 18.7. The highest BCUT2D eigenvalue weighted by molar-refractivity contribution is 7.89. The van der Waals surface area contributed by atoms with Crippen molar-refractivity contribution < 1.29 is 18.3 Å². The molecule has 3 rings (SSSR count). The van der Waals surface area contributed by atoms with Crippen LogP contribution in [0.4, 0.5) is 0 Å². The Morgan fingerprint density at radius 3 is 2.62 bits per heavy atom. The Bertz CT molecular complexity index is 993. The molecule has 0 atom stereocenters. The van der Waals surface area contributed by atoms with Crippen LogP contribution in [-0.2, 0) is 27.8 Å². The molecule has 1 saturated heterocycles. The van der Waals surface area contributed by atoms with Crippen LogP contribution in [0.1, 0.15) is 23.1 Å². The minimum Gasteiger partial charge on any atom is -0.481 e. The van der Waals surface area contributed by atoms with Gasteiger partial charge in [-0.3, -0.25) is 4.79 Å². The smallest absolute Gasteiger partial charge is 0.307 e. The summed E-state index contributed by atoms with van der Waals surface area (Å²) in [6, 6.07) is 14.7. The van der Waals surface area contributed by atoms with Gasteiger partial charge in [-0.25, -0.2) is 8.42 Å². The van der Waals surface area contributed by atoms with Gasteiger partial charge in [0.2, 0.25) is 10.0 Å². The number of carboxylic acid groups (broad SMARTS) is 1. The molecule has 0 aliphatic carbocycles. The summed E-state index contributed by atoms with van der Waals surface area (Å²) >= 11 is 0. The van der Waals surface area contributed by atoms with Crippen LogP contribution in [0.3, 0.4) is 0 Å². The third-order valence-corrected chi connectivity index (χ3v) is 6.30. The van der Waals surface area contributed by atoms with Crippen molar-refractivity contribution in [1.82, 2.24) is 4.31 Å². The number of hydrogen-bond donors (Lipinski definition) is 1. The van der Waals surface area contributed by atoms with Gasteiger partial charge in [-0.2, -0.15) is 9.57 Å². The summed E-state index contributed by atoms with van der Waals surface area (Å²) in [4.78, 5) is 10.9. The molecule has 0 bridgehead atoms. The molecule has 0 aromatic heterocycles. The van der Waals surface area contributed by atoms with Crippen LogP contribution < -0.4 is 0 Å². The van der Waals surface area contributed by atoms with E-state index in [1.165, 1.54) is 4.31 Å². The van der Waals surface area contributed by atoms with Crippen LogP contribution in [-0.4, -0.2) is 36.1 Å². The molecule has 6 nitrogen and oxygen atoms in total. The lowest BCUT2D eigenvalue weighted by atomic mass is 9.97. The second-order valence-corrected chi connectivity index (χ2v) is 8.35. The Morgan fingerprint density at radius 1 is 1.19 bits per heavy atom. The fourth-order valence-corrected chi connectivity index (χ4v) is 4.60. The second kappa shape index (κ2) is 7.28. The molecule has 0 saturated carbocycles. The number of carbonyl (C=O) groups is 1. The summed E-state index contributed by atoms with van der Waals surface area (Å²) in [5.41, 5.74) is 3.33. The third-order valence-electron chi connectivity index (χ3n) is 4.39. The van der Waals surface area contributed by atoms with Crippen LogP contribution in [0.5, 0.6) is 0 Å². The first-order valence-corrected chi connectivity index (χ1v) is 9.82. The van der Waals surface area contributed by atoms with Gasteiger partial charge in [-0.15, -0.1) is 0 Å². The number of rotatable bonds is 5. The van der Waals surface area contributed by atoms with E-state index < -0.39 is 16.0 Å². The van der Waals surface area contributed by atoms with E-state index in [1.54, 1.807) is 18.2 Å². The normalized spacial score (nSPS) is 16.3. The summed E-state index contributed by atoms with van der Waals surface area (Å²) < 4.78 is 25.4. The van der Waals surface area contributed by atoms with E-state index in [4.69, 9.17) is 5.11 Å². The van der Waals surface area contributed by atoms with Crippen LogP contribution in [0.15, 0.2) is 42.5 Å². The molecule has 2 aromatic carbocycles. The molecule has 7 heteroatoms. The van der Waals surface area contributed by atoms with Gasteiger partial charge in [0.15, 0.2) is 0 Å². The number of nitriles is 1. The van der Waals surface area contributed by atoms with E-state index in [9.17, 15) is 18.5 Å². The van der Waals surface area contributed by atoms with Crippen molar-refractivity contribution >= 4 is 16.0 Å². The molecule has 1 N–H and O–H groups in total. The molecule has 0 amide bonds. The van der Waals surface area contributed by atoms with Crippen LogP contribution in [0.2, 0.25) is 0 Å². The number of sulfonamides is 1. The number of nitrogens with zero attached hydrogens (tertiary/aromatic N) is 2. The maximum atomic E-state index is 12.0. The number of aliphatic carboxylic acids is 1. The van der Waals surface area contributed by atoms with Crippen molar-refractivity contribution in [3.8, 4) is 17.2 Å². The molecule has 0 unspecified atom stereocenters. The monoisotopic (exact) mass is 370 g/mol. The summed E-state index contributed by atoms with van der Waals surface area (Å²) in [6.07, 6.45) is 0.453. The van der Waals surface area contributed by atoms with Gasteiger partial charge in [-0.1, -0.05) is 30.3 Å². The van der Waals surface area contributed by atoms with Crippen LogP contribution in [0.25, 0.3) is 11.1 Å². The SMILES string of the molecule is N#Cc1cc(-c2cccc(CN3CCCS3(=O)=O)c2)ccc1CC(=O)O. The summed E-state index contributed by atoms with van der Waals surface area (Å²) in [5, 5.41) is 18.2. The molecule has 0 spiro atoms.